The number of nitrogens with zero attached hydrogens (tertiary/aromatic N) is 3. The Balaban J connectivity index is 1.95. The predicted octanol–water partition coefficient (Wildman–Crippen LogP) is 1.64. The molecule has 7 nitrogen and oxygen atoms in total. The van der Waals surface area contributed by atoms with E-state index in [1.54, 1.807) is 22.9 Å². The van der Waals surface area contributed by atoms with E-state index in [1.807, 2.05) is 26.8 Å². The molecule has 0 saturated heterocycles. The highest BCUT2D eigenvalue weighted by Crippen LogP contribution is 2.15. The van der Waals surface area contributed by atoms with Gasteiger partial charge in [0.25, 0.3) is 0 Å². The summed E-state index contributed by atoms with van der Waals surface area (Å²) in [6.07, 6.45) is 0.161. The van der Waals surface area contributed by atoms with Crippen LogP contribution in [0.3, 0.4) is 0 Å². The monoisotopic (exact) mass is 315 g/mol. The van der Waals surface area contributed by atoms with Crippen molar-refractivity contribution in [1.29, 1.82) is 0 Å². The van der Waals surface area contributed by atoms with E-state index in [0.717, 1.165) is 17.0 Å². The standard InChI is InChI=1S/C16H21N5O2/c1-10-9-11(2)21(19-10)8-7-15(22)23-20-16(18)13-5-4-6-14(17)12(13)3/h4-6,9H,7-8,17H2,1-3H3,(H2,18,20). The molecule has 0 aliphatic carbocycles. The number of nitrogens with two attached hydrogens (primary N) is 2. The van der Waals surface area contributed by atoms with Crippen molar-refractivity contribution in [2.45, 2.75) is 33.7 Å². The smallest absolute Gasteiger partial charge is 0.336 e. The van der Waals surface area contributed by atoms with Gasteiger partial charge in [0.05, 0.1) is 18.7 Å². The zero-order valence-corrected chi connectivity index (χ0v) is 13.5. The van der Waals surface area contributed by atoms with Gasteiger partial charge in [-0.2, -0.15) is 5.10 Å². The highest BCUT2D eigenvalue weighted by molar-refractivity contribution is 5.99. The molecule has 2 aromatic rings. The molecule has 0 spiro atoms. The summed E-state index contributed by atoms with van der Waals surface area (Å²) in [4.78, 5) is 16.6. The van der Waals surface area contributed by atoms with Gasteiger partial charge in [-0.3, -0.25) is 4.68 Å². The van der Waals surface area contributed by atoms with Crippen LogP contribution < -0.4 is 11.5 Å². The van der Waals surface area contributed by atoms with E-state index in [9.17, 15) is 4.79 Å². The Kier molecular flexibility index (Phi) is 5.00. The van der Waals surface area contributed by atoms with E-state index in [-0.39, 0.29) is 12.3 Å². The Morgan fingerprint density at radius 2 is 2.09 bits per heavy atom. The van der Waals surface area contributed by atoms with Crippen molar-refractivity contribution in [2.24, 2.45) is 10.9 Å². The van der Waals surface area contributed by atoms with Crippen LogP contribution >= 0.6 is 0 Å². The summed E-state index contributed by atoms with van der Waals surface area (Å²) in [7, 11) is 0. The topological polar surface area (TPSA) is 109 Å². The zero-order chi connectivity index (χ0) is 17.0. The Labute approximate surface area is 134 Å². The van der Waals surface area contributed by atoms with Gasteiger partial charge in [0.1, 0.15) is 0 Å². The van der Waals surface area contributed by atoms with Crippen LogP contribution in [0, 0.1) is 20.8 Å². The molecular formula is C16H21N5O2. The van der Waals surface area contributed by atoms with Gasteiger partial charge in [0.15, 0.2) is 5.84 Å². The summed E-state index contributed by atoms with van der Waals surface area (Å²) in [5, 5.41) is 7.98. The van der Waals surface area contributed by atoms with Crippen LogP contribution in [-0.4, -0.2) is 21.6 Å². The molecule has 0 aliphatic rings. The number of amidine groups is 1. The maximum atomic E-state index is 11.8. The highest BCUT2D eigenvalue weighted by Gasteiger charge is 2.09. The van der Waals surface area contributed by atoms with Gasteiger partial charge in [-0.25, -0.2) is 4.79 Å². The number of hydrogen-bond donors (Lipinski definition) is 2. The lowest BCUT2D eigenvalue weighted by atomic mass is 10.1. The van der Waals surface area contributed by atoms with Crippen molar-refractivity contribution in [3.8, 4) is 0 Å². The van der Waals surface area contributed by atoms with E-state index in [1.165, 1.54) is 0 Å². The first kappa shape index (κ1) is 16.5. The number of carbonyl (C=O) groups is 1. The van der Waals surface area contributed by atoms with Gasteiger partial charge in [-0.15, -0.1) is 0 Å². The summed E-state index contributed by atoms with van der Waals surface area (Å²) >= 11 is 0. The van der Waals surface area contributed by atoms with E-state index in [4.69, 9.17) is 16.3 Å². The number of carbonyl (C=O) groups excluding carboxylic acids is 1. The average molecular weight is 315 g/mol. The molecule has 0 amide bonds. The van der Waals surface area contributed by atoms with Crippen molar-refractivity contribution >= 4 is 17.5 Å². The van der Waals surface area contributed by atoms with Gasteiger partial charge >= 0.3 is 5.97 Å². The second-order valence-electron chi connectivity index (χ2n) is 5.36. The number of anilines is 1. The van der Waals surface area contributed by atoms with Crippen LogP contribution in [0.25, 0.3) is 0 Å². The SMILES string of the molecule is Cc1cc(C)n(CCC(=O)O/N=C(\N)c2cccc(N)c2C)n1. The van der Waals surface area contributed by atoms with Crippen LogP contribution in [0.2, 0.25) is 0 Å². The highest BCUT2D eigenvalue weighted by atomic mass is 16.7. The van der Waals surface area contributed by atoms with Crippen LogP contribution in [0.1, 0.15) is 28.9 Å². The van der Waals surface area contributed by atoms with Gasteiger partial charge in [0, 0.05) is 16.9 Å². The molecular weight excluding hydrogens is 294 g/mol. The third kappa shape index (κ3) is 4.09. The van der Waals surface area contributed by atoms with Crippen LogP contribution in [-0.2, 0) is 16.2 Å². The molecule has 0 saturated carbocycles. The molecule has 0 radical (unpaired) electrons. The largest absolute Gasteiger partial charge is 0.398 e. The van der Waals surface area contributed by atoms with Crippen LogP contribution in [0.15, 0.2) is 29.4 Å². The summed E-state index contributed by atoms with van der Waals surface area (Å²) in [5.41, 5.74) is 15.6. The van der Waals surface area contributed by atoms with E-state index < -0.39 is 5.97 Å². The minimum Gasteiger partial charge on any atom is -0.398 e. The molecule has 7 heteroatoms. The van der Waals surface area contributed by atoms with Crippen molar-refractivity contribution in [3.05, 3.63) is 46.8 Å². The van der Waals surface area contributed by atoms with Crippen molar-refractivity contribution < 1.29 is 9.63 Å². The maximum Gasteiger partial charge on any atom is 0.336 e. The summed E-state index contributed by atoms with van der Waals surface area (Å²) in [5.74, 6) is -0.351. The molecule has 1 aromatic heterocycles. The van der Waals surface area contributed by atoms with Gasteiger partial charge < -0.3 is 16.3 Å². The second-order valence-corrected chi connectivity index (χ2v) is 5.36. The number of aryl methyl sites for hydroxylation is 3. The Morgan fingerprint density at radius 3 is 2.74 bits per heavy atom. The van der Waals surface area contributed by atoms with Gasteiger partial charge in [0.2, 0.25) is 0 Å². The van der Waals surface area contributed by atoms with E-state index >= 15 is 0 Å². The molecule has 23 heavy (non-hydrogen) atoms. The molecule has 0 unspecified atom stereocenters. The average Bonchev–Trinajstić information content (AvgIpc) is 2.83. The van der Waals surface area contributed by atoms with E-state index in [2.05, 4.69) is 10.3 Å². The molecule has 0 aliphatic heterocycles. The molecule has 0 bridgehead atoms. The first-order valence-corrected chi connectivity index (χ1v) is 7.28. The van der Waals surface area contributed by atoms with Crippen molar-refractivity contribution in [1.82, 2.24) is 9.78 Å². The van der Waals surface area contributed by atoms with E-state index in [0.29, 0.717) is 17.8 Å². The lowest BCUT2D eigenvalue weighted by Gasteiger charge is -2.07. The van der Waals surface area contributed by atoms with Gasteiger partial charge in [-0.05, 0) is 38.5 Å². The molecule has 122 valence electrons. The summed E-state index contributed by atoms with van der Waals surface area (Å²) in [6, 6.07) is 7.26. The lowest BCUT2D eigenvalue weighted by molar-refractivity contribution is -0.144. The number of nitrogen functional groups attached to an aromatic ring is 1. The Morgan fingerprint density at radius 1 is 1.35 bits per heavy atom. The molecule has 0 atom stereocenters. The minimum absolute atomic E-state index is 0.120. The number of oxime groups is 1. The summed E-state index contributed by atoms with van der Waals surface area (Å²) < 4.78 is 1.76. The molecule has 0 fully saturated rings. The minimum atomic E-state index is -0.470. The molecule has 1 aromatic carbocycles. The number of aromatic nitrogens is 2. The Hall–Kier alpha value is -2.83. The molecule has 2 rings (SSSR count). The molecule has 4 N–H and O–H groups in total. The fraction of sp³-hybridized carbons (Fsp3) is 0.312. The summed E-state index contributed by atoms with van der Waals surface area (Å²) in [6.45, 7) is 6.10. The number of benzene rings is 1. The third-order valence-corrected chi connectivity index (χ3v) is 3.53. The number of hydrogen-bond acceptors (Lipinski definition) is 5. The third-order valence-electron chi connectivity index (χ3n) is 3.53. The molecule has 1 heterocycles. The van der Waals surface area contributed by atoms with Crippen molar-refractivity contribution in [3.63, 3.8) is 0 Å². The fourth-order valence-corrected chi connectivity index (χ4v) is 2.22. The first-order chi connectivity index (χ1) is 10.9. The quantitative estimate of drug-likeness (QED) is 0.287. The fourth-order valence-electron chi connectivity index (χ4n) is 2.22. The van der Waals surface area contributed by atoms with Crippen LogP contribution in [0.4, 0.5) is 5.69 Å². The zero-order valence-electron chi connectivity index (χ0n) is 13.5. The van der Waals surface area contributed by atoms with Gasteiger partial charge in [-0.1, -0.05) is 17.3 Å². The normalized spacial score (nSPS) is 11.5. The van der Waals surface area contributed by atoms with Crippen molar-refractivity contribution in [2.75, 3.05) is 5.73 Å². The maximum absolute atomic E-state index is 11.8. The van der Waals surface area contributed by atoms with Crippen LogP contribution in [0.5, 0.6) is 0 Å². The second kappa shape index (κ2) is 6.95. The predicted molar refractivity (Wildman–Crippen MR) is 88.7 cm³/mol. The first-order valence-electron chi connectivity index (χ1n) is 7.28. The lowest BCUT2D eigenvalue weighted by Crippen LogP contribution is -2.17. The number of rotatable bonds is 5. The Bertz CT molecular complexity index is 749.